The van der Waals surface area contributed by atoms with Crippen LogP contribution < -0.4 is 4.74 Å². The second-order valence-corrected chi connectivity index (χ2v) is 5.34. The van der Waals surface area contributed by atoms with Gasteiger partial charge < -0.3 is 14.2 Å². The first-order valence-corrected chi connectivity index (χ1v) is 7.92. The summed E-state index contributed by atoms with van der Waals surface area (Å²) in [6, 6.07) is 8.10. The molecule has 3 nitrogen and oxygen atoms in total. The number of hydrogen-bond acceptors (Lipinski definition) is 3. The van der Waals surface area contributed by atoms with Crippen LogP contribution in [0.5, 0.6) is 5.75 Å². The molecule has 0 spiro atoms. The van der Waals surface area contributed by atoms with Gasteiger partial charge >= 0.3 is 0 Å². The van der Waals surface area contributed by atoms with Crippen molar-refractivity contribution in [3.8, 4) is 5.75 Å². The molecule has 0 saturated carbocycles. The lowest BCUT2D eigenvalue weighted by atomic mass is 10.1. The molecular formula is C18H26O3. The summed E-state index contributed by atoms with van der Waals surface area (Å²) < 4.78 is 16.4. The van der Waals surface area contributed by atoms with Gasteiger partial charge in [0.2, 0.25) is 0 Å². The van der Waals surface area contributed by atoms with E-state index in [2.05, 4.69) is 24.3 Å². The van der Waals surface area contributed by atoms with Gasteiger partial charge in [0.1, 0.15) is 5.75 Å². The maximum atomic E-state index is 5.71. The summed E-state index contributed by atoms with van der Waals surface area (Å²) in [6.45, 7) is 1.66. The van der Waals surface area contributed by atoms with Crippen LogP contribution in [-0.4, -0.2) is 26.6 Å². The predicted octanol–water partition coefficient (Wildman–Crippen LogP) is 4.42. The SMILES string of the molecule is COc1ccc(/C=C/CCCCOC2CCCCO2)cc1. The lowest BCUT2D eigenvalue weighted by molar-refractivity contribution is -0.162. The predicted molar refractivity (Wildman–Crippen MR) is 85.4 cm³/mol. The van der Waals surface area contributed by atoms with Crippen molar-refractivity contribution in [2.75, 3.05) is 20.3 Å². The summed E-state index contributed by atoms with van der Waals surface area (Å²) in [7, 11) is 1.69. The van der Waals surface area contributed by atoms with Crippen LogP contribution in [0.15, 0.2) is 30.3 Å². The van der Waals surface area contributed by atoms with Gasteiger partial charge in [-0.2, -0.15) is 0 Å². The third kappa shape index (κ3) is 6.32. The number of ether oxygens (including phenoxy) is 3. The Kier molecular flexibility index (Phi) is 7.33. The molecule has 21 heavy (non-hydrogen) atoms. The monoisotopic (exact) mass is 290 g/mol. The number of hydrogen-bond donors (Lipinski definition) is 0. The Morgan fingerprint density at radius 1 is 1.19 bits per heavy atom. The summed E-state index contributed by atoms with van der Waals surface area (Å²) in [5.41, 5.74) is 1.21. The van der Waals surface area contributed by atoms with Crippen LogP contribution in [0.4, 0.5) is 0 Å². The van der Waals surface area contributed by atoms with Crippen molar-refractivity contribution in [1.82, 2.24) is 0 Å². The van der Waals surface area contributed by atoms with E-state index in [1.165, 1.54) is 18.4 Å². The lowest BCUT2D eigenvalue weighted by Crippen LogP contribution is -2.22. The molecule has 1 aromatic carbocycles. The van der Waals surface area contributed by atoms with Gasteiger partial charge in [0.05, 0.1) is 7.11 Å². The maximum Gasteiger partial charge on any atom is 0.157 e. The molecule has 2 rings (SSSR count). The van der Waals surface area contributed by atoms with Crippen LogP contribution in [0.2, 0.25) is 0 Å². The number of methoxy groups -OCH3 is 1. The van der Waals surface area contributed by atoms with Gasteiger partial charge in [-0.25, -0.2) is 0 Å². The zero-order valence-corrected chi connectivity index (χ0v) is 12.9. The largest absolute Gasteiger partial charge is 0.497 e. The Bertz CT molecular complexity index is 405. The van der Waals surface area contributed by atoms with Gasteiger partial charge in [-0.3, -0.25) is 0 Å². The Morgan fingerprint density at radius 3 is 2.76 bits per heavy atom. The summed E-state index contributed by atoms with van der Waals surface area (Å²) in [5.74, 6) is 0.897. The van der Waals surface area contributed by atoms with Gasteiger partial charge in [-0.05, 0) is 56.2 Å². The van der Waals surface area contributed by atoms with Crippen molar-refractivity contribution >= 4 is 6.08 Å². The van der Waals surface area contributed by atoms with Gasteiger partial charge in [0, 0.05) is 13.2 Å². The van der Waals surface area contributed by atoms with Crippen molar-refractivity contribution < 1.29 is 14.2 Å². The third-order valence-corrected chi connectivity index (χ3v) is 3.63. The van der Waals surface area contributed by atoms with Crippen molar-refractivity contribution in [2.45, 2.75) is 44.8 Å². The minimum atomic E-state index is 0.0496. The zero-order chi connectivity index (χ0) is 14.8. The maximum absolute atomic E-state index is 5.71. The molecule has 1 aliphatic heterocycles. The van der Waals surface area contributed by atoms with E-state index in [0.29, 0.717) is 0 Å². The fourth-order valence-electron chi connectivity index (χ4n) is 2.36. The van der Waals surface area contributed by atoms with Gasteiger partial charge in [-0.1, -0.05) is 24.3 Å². The number of allylic oxidation sites excluding steroid dienone is 1. The number of rotatable bonds is 8. The molecule has 0 N–H and O–H groups in total. The average Bonchev–Trinajstić information content (AvgIpc) is 2.55. The van der Waals surface area contributed by atoms with Crippen molar-refractivity contribution in [1.29, 1.82) is 0 Å². The molecule has 1 unspecified atom stereocenters. The molecule has 0 amide bonds. The fraction of sp³-hybridized carbons (Fsp3) is 0.556. The van der Waals surface area contributed by atoms with E-state index in [0.717, 1.165) is 44.6 Å². The van der Waals surface area contributed by atoms with E-state index < -0.39 is 0 Å². The van der Waals surface area contributed by atoms with Crippen molar-refractivity contribution in [2.24, 2.45) is 0 Å². The quantitative estimate of drug-likeness (QED) is 0.663. The second kappa shape index (κ2) is 9.59. The zero-order valence-electron chi connectivity index (χ0n) is 12.9. The molecule has 3 heteroatoms. The van der Waals surface area contributed by atoms with Crippen LogP contribution >= 0.6 is 0 Å². The molecule has 1 atom stereocenters. The standard InChI is InChI=1S/C18H26O3/c1-19-17-12-10-16(11-13-17)8-4-2-3-6-14-20-18-9-5-7-15-21-18/h4,8,10-13,18H,2-3,5-7,9,14-15H2,1H3/b8-4+. The van der Waals surface area contributed by atoms with Gasteiger partial charge in [0.25, 0.3) is 0 Å². The Labute approximate surface area is 127 Å². The topological polar surface area (TPSA) is 27.7 Å². The van der Waals surface area contributed by atoms with Crippen LogP contribution in [0.25, 0.3) is 6.08 Å². The molecule has 1 aromatic rings. The van der Waals surface area contributed by atoms with E-state index in [4.69, 9.17) is 14.2 Å². The first-order valence-electron chi connectivity index (χ1n) is 7.92. The molecule has 0 aliphatic carbocycles. The smallest absolute Gasteiger partial charge is 0.157 e. The molecule has 1 aliphatic rings. The van der Waals surface area contributed by atoms with Gasteiger partial charge in [-0.15, -0.1) is 0 Å². The molecule has 0 aromatic heterocycles. The van der Waals surface area contributed by atoms with Gasteiger partial charge in [0.15, 0.2) is 6.29 Å². The summed E-state index contributed by atoms with van der Waals surface area (Å²) >= 11 is 0. The highest BCUT2D eigenvalue weighted by molar-refractivity contribution is 5.50. The lowest BCUT2D eigenvalue weighted by Gasteiger charge is -2.22. The van der Waals surface area contributed by atoms with Crippen LogP contribution in [0.3, 0.4) is 0 Å². The molecule has 116 valence electrons. The third-order valence-electron chi connectivity index (χ3n) is 3.63. The second-order valence-electron chi connectivity index (χ2n) is 5.34. The Hall–Kier alpha value is -1.32. The first kappa shape index (κ1) is 16.1. The normalized spacial score (nSPS) is 19.0. The minimum absolute atomic E-state index is 0.0496. The highest BCUT2D eigenvalue weighted by atomic mass is 16.7. The van der Waals surface area contributed by atoms with Crippen LogP contribution in [-0.2, 0) is 9.47 Å². The molecule has 1 heterocycles. The first-order chi connectivity index (χ1) is 10.4. The summed E-state index contributed by atoms with van der Waals surface area (Å²) in [4.78, 5) is 0. The summed E-state index contributed by atoms with van der Waals surface area (Å²) in [5, 5.41) is 0. The highest BCUT2D eigenvalue weighted by Gasteiger charge is 2.12. The minimum Gasteiger partial charge on any atom is -0.497 e. The number of unbranched alkanes of at least 4 members (excludes halogenated alkanes) is 2. The van der Waals surface area contributed by atoms with E-state index >= 15 is 0 Å². The van der Waals surface area contributed by atoms with Crippen molar-refractivity contribution in [3.05, 3.63) is 35.9 Å². The molecule has 1 saturated heterocycles. The van der Waals surface area contributed by atoms with Crippen LogP contribution in [0, 0.1) is 0 Å². The van der Waals surface area contributed by atoms with E-state index in [9.17, 15) is 0 Å². The summed E-state index contributed by atoms with van der Waals surface area (Å²) in [6.07, 6.45) is 11.2. The highest BCUT2D eigenvalue weighted by Crippen LogP contribution is 2.15. The molecule has 1 fully saturated rings. The van der Waals surface area contributed by atoms with E-state index in [-0.39, 0.29) is 6.29 Å². The van der Waals surface area contributed by atoms with E-state index in [1.807, 2.05) is 12.1 Å². The Morgan fingerprint density at radius 2 is 2.05 bits per heavy atom. The van der Waals surface area contributed by atoms with Crippen molar-refractivity contribution in [3.63, 3.8) is 0 Å². The van der Waals surface area contributed by atoms with E-state index in [1.54, 1.807) is 7.11 Å². The van der Waals surface area contributed by atoms with Crippen LogP contribution in [0.1, 0.15) is 44.1 Å². The average molecular weight is 290 g/mol. The molecule has 0 bridgehead atoms. The number of benzene rings is 1. The molecular weight excluding hydrogens is 264 g/mol. The molecule has 0 radical (unpaired) electrons. The Balaban J connectivity index is 1.53. The fourth-order valence-corrected chi connectivity index (χ4v) is 2.36.